The van der Waals surface area contributed by atoms with E-state index in [1.807, 2.05) is 11.8 Å². The van der Waals surface area contributed by atoms with Gasteiger partial charge in [0.1, 0.15) is 0 Å². The first-order chi connectivity index (χ1) is 8.63. The van der Waals surface area contributed by atoms with E-state index in [0.29, 0.717) is 11.2 Å². The van der Waals surface area contributed by atoms with Crippen LogP contribution in [-0.4, -0.2) is 29.0 Å². The summed E-state index contributed by atoms with van der Waals surface area (Å²) >= 11 is 5.49. The van der Waals surface area contributed by atoms with Crippen LogP contribution < -0.4 is 10.6 Å². The van der Waals surface area contributed by atoms with Crippen LogP contribution in [0.2, 0.25) is 0 Å². The zero-order valence-corrected chi connectivity index (χ0v) is 12.7. The second kappa shape index (κ2) is 4.46. The summed E-state index contributed by atoms with van der Waals surface area (Å²) in [5, 5.41) is 0.561. The van der Waals surface area contributed by atoms with E-state index in [-0.39, 0.29) is 5.54 Å². The Morgan fingerprint density at radius 1 is 1.44 bits per heavy atom. The van der Waals surface area contributed by atoms with Crippen molar-refractivity contribution in [2.24, 2.45) is 10.7 Å². The lowest BCUT2D eigenvalue weighted by molar-refractivity contribution is 0.460. The van der Waals surface area contributed by atoms with Crippen LogP contribution in [0.5, 0.6) is 0 Å². The van der Waals surface area contributed by atoms with Gasteiger partial charge in [-0.1, -0.05) is 22.9 Å². The lowest BCUT2D eigenvalue weighted by atomic mass is 9.91. The quantitative estimate of drug-likeness (QED) is 0.863. The van der Waals surface area contributed by atoms with Crippen LogP contribution in [0.3, 0.4) is 0 Å². The molecule has 5 heteroatoms. The summed E-state index contributed by atoms with van der Waals surface area (Å²) < 4.78 is 1.09. The van der Waals surface area contributed by atoms with Gasteiger partial charge < -0.3 is 10.6 Å². The smallest absolute Gasteiger partial charge is 0.196 e. The second-order valence-corrected chi connectivity index (χ2v) is 7.22. The molecule has 1 spiro atoms. The third-order valence-electron chi connectivity index (χ3n) is 3.93. The molecule has 1 fully saturated rings. The lowest BCUT2D eigenvalue weighted by Crippen LogP contribution is -2.55. The first kappa shape index (κ1) is 12.4. The number of nitrogens with two attached hydrogens (primary N) is 1. The first-order valence-corrected chi connectivity index (χ1v) is 7.95. The van der Waals surface area contributed by atoms with E-state index in [1.165, 1.54) is 5.75 Å². The van der Waals surface area contributed by atoms with Crippen molar-refractivity contribution in [1.82, 2.24) is 0 Å². The van der Waals surface area contributed by atoms with E-state index in [0.717, 1.165) is 23.1 Å². The SMILES string of the molecule is CC1SCCC12CN=C(N)N2c1ccc(Br)cc1. The Balaban J connectivity index is 2.02. The number of nitrogens with zero attached hydrogens (tertiary/aromatic N) is 2. The molecule has 1 saturated heterocycles. The van der Waals surface area contributed by atoms with Crippen LogP contribution in [-0.2, 0) is 0 Å². The maximum atomic E-state index is 6.12. The fourth-order valence-electron chi connectivity index (χ4n) is 2.84. The van der Waals surface area contributed by atoms with Crippen molar-refractivity contribution in [3.05, 3.63) is 28.7 Å². The first-order valence-electron chi connectivity index (χ1n) is 6.11. The van der Waals surface area contributed by atoms with Crippen molar-refractivity contribution < 1.29 is 0 Å². The van der Waals surface area contributed by atoms with Crippen LogP contribution in [0.4, 0.5) is 5.69 Å². The van der Waals surface area contributed by atoms with Crippen molar-refractivity contribution in [3.63, 3.8) is 0 Å². The Labute approximate surface area is 120 Å². The largest absolute Gasteiger partial charge is 0.369 e. The molecule has 0 aromatic heterocycles. The van der Waals surface area contributed by atoms with Gasteiger partial charge in [-0.3, -0.25) is 4.99 Å². The molecule has 2 atom stereocenters. The molecular formula is C13H16BrN3S. The van der Waals surface area contributed by atoms with E-state index in [2.05, 4.69) is 57.0 Å². The predicted molar refractivity (Wildman–Crippen MR) is 82.4 cm³/mol. The highest BCUT2D eigenvalue weighted by atomic mass is 79.9. The van der Waals surface area contributed by atoms with E-state index in [1.54, 1.807) is 0 Å². The van der Waals surface area contributed by atoms with Gasteiger partial charge >= 0.3 is 0 Å². The normalized spacial score (nSPS) is 31.1. The Morgan fingerprint density at radius 2 is 2.17 bits per heavy atom. The van der Waals surface area contributed by atoms with Gasteiger partial charge in [-0.2, -0.15) is 11.8 Å². The molecule has 2 aliphatic rings. The van der Waals surface area contributed by atoms with Crippen LogP contribution in [0.25, 0.3) is 0 Å². The summed E-state index contributed by atoms with van der Waals surface area (Å²) in [5.41, 5.74) is 7.35. The van der Waals surface area contributed by atoms with E-state index < -0.39 is 0 Å². The summed E-state index contributed by atoms with van der Waals surface area (Å²) in [6.45, 7) is 3.11. The summed E-state index contributed by atoms with van der Waals surface area (Å²) in [4.78, 5) is 6.74. The molecule has 1 aromatic carbocycles. The van der Waals surface area contributed by atoms with Gasteiger partial charge in [-0.15, -0.1) is 0 Å². The molecule has 1 aromatic rings. The minimum Gasteiger partial charge on any atom is -0.369 e. The van der Waals surface area contributed by atoms with Crippen LogP contribution in [0.1, 0.15) is 13.3 Å². The number of halogens is 1. The average Bonchev–Trinajstić information content (AvgIpc) is 2.88. The number of anilines is 1. The van der Waals surface area contributed by atoms with Crippen LogP contribution >= 0.6 is 27.7 Å². The Bertz CT molecular complexity index is 488. The summed E-state index contributed by atoms with van der Waals surface area (Å²) in [6.07, 6.45) is 1.15. The number of benzene rings is 1. The van der Waals surface area contributed by atoms with Gasteiger partial charge in [0.2, 0.25) is 0 Å². The molecular weight excluding hydrogens is 310 g/mol. The number of hydrogen-bond donors (Lipinski definition) is 1. The monoisotopic (exact) mass is 325 g/mol. The number of thioether (sulfide) groups is 1. The molecule has 2 aliphatic heterocycles. The highest BCUT2D eigenvalue weighted by Crippen LogP contribution is 2.44. The highest BCUT2D eigenvalue weighted by Gasteiger charge is 2.50. The number of rotatable bonds is 1. The molecule has 0 amide bonds. The molecule has 2 unspecified atom stereocenters. The summed E-state index contributed by atoms with van der Waals surface area (Å²) in [5.74, 6) is 1.85. The van der Waals surface area contributed by atoms with Crippen LogP contribution in [0.15, 0.2) is 33.7 Å². The van der Waals surface area contributed by atoms with Crippen molar-refractivity contribution in [3.8, 4) is 0 Å². The molecule has 0 saturated carbocycles. The fraction of sp³-hybridized carbons (Fsp3) is 0.462. The fourth-order valence-corrected chi connectivity index (χ4v) is 4.54. The number of hydrogen-bond acceptors (Lipinski definition) is 4. The maximum absolute atomic E-state index is 6.12. The molecule has 3 nitrogen and oxygen atoms in total. The van der Waals surface area contributed by atoms with Gasteiger partial charge in [-0.25, -0.2) is 0 Å². The Morgan fingerprint density at radius 3 is 2.78 bits per heavy atom. The average molecular weight is 326 g/mol. The molecule has 0 aliphatic carbocycles. The standard InChI is InChI=1S/C13H16BrN3S/c1-9-13(6-7-18-9)8-16-12(15)17(13)11-4-2-10(14)3-5-11/h2-5,9H,6-8H2,1H3,(H2,15,16). The second-order valence-electron chi connectivity index (χ2n) is 4.85. The summed E-state index contributed by atoms with van der Waals surface area (Å²) in [7, 11) is 0. The van der Waals surface area contributed by atoms with Gasteiger partial charge in [0.05, 0.1) is 12.1 Å². The lowest BCUT2D eigenvalue weighted by Gasteiger charge is -2.39. The third-order valence-corrected chi connectivity index (χ3v) is 5.84. The van der Waals surface area contributed by atoms with Crippen molar-refractivity contribution in [2.75, 3.05) is 17.2 Å². The van der Waals surface area contributed by atoms with Crippen molar-refractivity contribution in [2.45, 2.75) is 24.1 Å². The molecule has 96 valence electrons. The maximum Gasteiger partial charge on any atom is 0.196 e. The van der Waals surface area contributed by atoms with E-state index >= 15 is 0 Å². The van der Waals surface area contributed by atoms with E-state index in [4.69, 9.17) is 5.73 Å². The number of aliphatic imine (C=N–C) groups is 1. The van der Waals surface area contributed by atoms with Crippen LogP contribution in [0, 0.1) is 0 Å². The zero-order chi connectivity index (χ0) is 12.8. The molecule has 18 heavy (non-hydrogen) atoms. The molecule has 2 N–H and O–H groups in total. The molecule has 3 rings (SSSR count). The summed E-state index contributed by atoms with van der Waals surface area (Å²) in [6, 6.07) is 8.33. The van der Waals surface area contributed by atoms with Crippen molar-refractivity contribution >= 4 is 39.3 Å². The zero-order valence-electron chi connectivity index (χ0n) is 10.3. The Kier molecular flexibility index (Phi) is 3.06. The topological polar surface area (TPSA) is 41.6 Å². The van der Waals surface area contributed by atoms with Gasteiger partial charge in [0.15, 0.2) is 5.96 Å². The minimum atomic E-state index is 0.0859. The predicted octanol–water partition coefficient (Wildman–Crippen LogP) is 2.85. The number of guanidine groups is 1. The molecule has 0 radical (unpaired) electrons. The van der Waals surface area contributed by atoms with Gasteiger partial charge in [-0.05, 0) is 36.4 Å². The van der Waals surface area contributed by atoms with Gasteiger partial charge in [0, 0.05) is 15.4 Å². The van der Waals surface area contributed by atoms with Crippen molar-refractivity contribution in [1.29, 1.82) is 0 Å². The van der Waals surface area contributed by atoms with Gasteiger partial charge in [0.25, 0.3) is 0 Å². The van der Waals surface area contributed by atoms with E-state index in [9.17, 15) is 0 Å². The highest BCUT2D eigenvalue weighted by molar-refractivity contribution is 9.10. The molecule has 2 heterocycles. The minimum absolute atomic E-state index is 0.0859. The molecule has 0 bridgehead atoms. The Hall–Kier alpha value is -0.680. The third kappa shape index (κ3) is 1.75.